The summed E-state index contributed by atoms with van der Waals surface area (Å²) in [5, 5.41) is 12.0. The summed E-state index contributed by atoms with van der Waals surface area (Å²) in [7, 11) is 0. The van der Waals surface area contributed by atoms with Gasteiger partial charge in [-0.05, 0) is 41.0 Å². The van der Waals surface area contributed by atoms with Crippen LogP contribution < -0.4 is 21.3 Å². The molecule has 2 aromatic carbocycles. The van der Waals surface area contributed by atoms with E-state index in [-0.39, 0.29) is 12.1 Å². The molecule has 7 heteroatoms. The Kier molecular flexibility index (Phi) is 6.13. The summed E-state index contributed by atoms with van der Waals surface area (Å²) in [4.78, 5) is 23.8. The first kappa shape index (κ1) is 20.7. The van der Waals surface area contributed by atoms with Gasteiger partial charge in [-0.15, -0.1) is 0 Å². The quantitative estimate of drug-likeness (QED) is 0.604. The van der Waals surface area contributed by atoms with Crippen molar-refractivity contribution in [3.05, 3.63) is 76.5 Å². The lowest BCUT2D eigenvalue weighted by atomic mass is 9.94. The number of nitrogens with one attached hydrogen (secondary N) is 4. The van der Waals surface area contributed by atoms with E-state index in [1.807, 2.05) is 50.2 Å². The molecule has 152 valence electrons. The molecule has 1 saturated heterocycles. The van der Waals surface area contributed by atoms with E-state index in [0.29, 0.717) is 35.8 Å². The van der Waals surface area contributed by atoms with Gasteiger partial charge in [0, 0.05) is 35.8 Å². The van der Waals surface area contributed by atoms with Crippen molar-refractivity contribution in [1.82, 2.24) is 16.0 Å². The summed E-state index contributed by atoms with van der Waals surface area (Å²) in [5.74, 6) is 0. The van der Waals surface area contributed by atoms with Crippen LogP contribution in [-0.4, -0.2) is 17.6 Å². The van der Waals surface area contributed by atoms with Crippen molar-refractivity contribution in [2.24, 2.45) is 0 Å². The fraction of sp³-hybridized carbons (Fsp3) is 0.273. The van der Waals surface area contributed by atoms with Crippen LogP contribution in [0.4, 0.5) is 15.3 Å². The van der Waals surface area contributed by atoms with E-state index in [0.717, 1.165) is 16.7 Å². The predicted molar refractivity (Wildman–Crippen MR) is 116 cm³/mol. The molecule has 1 unspecified atom stereocenters. The number of halogens is 1. The molecule has 1 heterocycles. The van der Waals surface area contributed by atoms with Gasteiger partial charge in [-0.1, -0.05) is 50.2 Å². The van der Waals surface area contributed by atoms with Crippen molar-refractivity contribution in [2.45, 2.75) is 38.8 Å². The standard InChI is InChI=1S/C20H19ClN4O2.C2H6/c1-12-20(25-19(27)23-12)9-14-5-6-17(8-15(14)10-20)24-18(26)22-11-13-3-2-4-16(21)7-13;1-2/h2-8H,1,9-11H2,(H2,22,24,26)(H2,23,25,27);1-2H3. The minimum atomic E-state index is -0.465. The molecule has 1 atom stereocenters. The first-order chi connectivity index (χ1) is 13.9. The van der Waals surface area contributed by atoms with Crippen molar-refractivity contribution < 1.29 is 9.59 Å². The van der Waals surface area contributed by atoms with E-state index in [1.54, 1.807) is 6.07 Å². The van der Waals surface area contributed by atoms with E-state index < -0.39 is 5.54 Å². The number of anilines is 1. The maximum atomic E-state index is 12.2. The Bertz CT molecular complexity index is 960. The summed E-state index contributed by atoms with van der Waals surface area (Å²) < 4.78 is 0. The van der Waals surface area contributed by atoms with Gasteiger partial charge < -0.3 is 21.3 Å². The summed E-state index contributed by atoms with van der Waals surface area (Å²) >= 11 is 5.95. The van der Waals surface area contributed by atoms with E-state index in [4.69, 9.17) is 11.6 Å². The SMILES string of the molecule is C=C1NC(=O)NC12Cc1ccc(NC(=O)NCc3cccc(Cl)c3)cc1C2.CC. The normalized spacial score (nSPS) is 19.0. The highest BCUT2D eigenvalue weighted by Gasteiger charge is 2.45. The molecule has 4 amide bonds. The van der Waals surface area contributed by atoms with E-state index in [2.05, 4.69) is 27.8 Å². The van der Waals surface area contributed by atoms with Crippen LogP contribution in [0.15, 0.2) is 54.7 Å². The fourth-order valence-corrected chi connectivity index (χ4v) is 3.85. The Morgan fingerprint density at radius 1 is 1.17 bits per heavy atom. The van der Waals surface area contributed by atoms with E-state index >= 15 is 0 Å². The summed E-state index contributed by atoms with van der Waals surface area (Å²) in [5.41, 5.74) is 4.09. The van der Waals surface area contributed by atoms with Gasteiger partial charge in [0.2, 0.25) is 0 Å². The Labute approximate surface area is 175 Å². The first-order valence-electron chi connectivity index (χ1n) is 9.63. The molecule has 2 aromatic rings. The highest BCUT2D eigenvalue weighted by atomic mass is 35.5. The molecule has 0 aromatic heterocycles. The van der Waals surface area contributed by atoms with Crippen LogP contribution in [-0.2, 0) is 19.4 Å². The molecule has 0 saturated carbocycles. The molecule has 0 bridgehead atoms. The third kappa shape index (κ3) is 4.54. The minimum Gasteiger partial charge on any atom is -0.334 e. The number of hydrogen-bond acceptors (Lipinski definition) is 2. The number of carbonyl (C=O) groups is 2. The van der Waals surface area contributed by atoms with Crippen molar-refractivity contribution in [3.8, 4) is 0 Å². The molecule has 1 spiro atoms. The monoisotopic (exact) mass is 412 g/mol. The van der Waals surface area contributed by atoms with Crippen molar-refractivity contribution in [3.63, 3.8) is 0 Å². The number of urea groups is 2. The smallest absolute Gasteiger partial charge is 0.319 e. The minimum absolute atomic E-state index is 0.216. The molecular weight excluding hydrogens is 388 g/mol. The number of rotatable bonds is 3. The first-order valence-corrected chi connectivity index (χ1v) is 10.0. The molecular formula is C22H25ClN4O2. The van der Waals surface area contributed by atoms with Crippen LogP contribution in [0.25, 0.3) is 0 Å². The molecule has 4 rings (SSSR count). The van der Waals surface area contributed by atoms with Crippen molar-refractivity contribution in [1.29, 1.82) is 0 Å². The third-order valence-electron chi connectivity index (χ3n) is 4.99. The number of amides is 4. The highest BCUT2D eigenvalue weighted by Crippen LogP contribution is 2.37. The average molecular weight is 413 g/mol. The largest absolute Gasteiger partial charge is 0.334 e. The van der Waals surface area contributed by atoms with Crippen LogP contribution >= 0.6 is 11.6 Å². The zero-order valence-electron chi connectivity index (χ0n) is 16.6. The van der Waals surface area contributed by atoms with Gasteiger partial charge in [-0.3, -0.25) is 0 Å². The fourth-order valence-electron chi connectivity index (χ4n) is 3.64. The summed E-state index contributed by atoms with van der Waals surface area (Å²) in [6.07, 6.45) is 1.35. The number of benzene rings is 2. The molecule has 0 radical (unpaired) electrons. The van der Waals surface area contributed by atoms with Crippen LogP contribution in [0.5, 0.6) is 0 Å². The Hall–Kier alpha value is -2.99. The van der Waals surface area contributed by atoms with E-state index in [9.17, 15) is 9.59 Å². The molecule has 6 nitrogen and oxygen atoms in total. The molecule has 4 N–H and O–H groups in total. The lowest BCUT2D eigenvalue weighted by molar-refractivity contribution is 0.244. The maximum absolute atomic E-state index is 12.2. The second-order valence-corrected chi connectivity index (χ2v) is 7.35. The van der Waals surface area contributed by atoms with Gasteiger partial charge >= 0.3 is 12.1 Å². The topological polar surface area (TPSA) is 82.3 Å². The number of hydrogen-bond donors (Lipinski definition) is 4. The van der Waals surface area contributed by atoms with Crippen LogP contribution in [0.3, 0.4) is 0 Å². The Morgan fingerprint density at radius 3 is 2.62 bits per heavy atom. The molecule has 1 fully saturated rings. The van der Waals surface area contributed by atoms with Gasteiger partial charge in [-0.25, -0.2) is 9.59 Å². The molecule has 2 aliphatic rings. The van der Waals surface area contributed by atoms with Crippen LogP contribution in [0.2, 0.25) is 5.02 Å². The van der Waals surface area contributed by atoms with Gasteiger partial charge in [0.25, 0.3) is 0 Å². The van der Waals surface area contributed by atoms with Gasteiger partial charge in [0.1, 0.15) is 0 Å². The lowest BCUT2D eigenvalue weighted by Gasteiger charge is -2.22. The third-order valence-corrected chi connectivity index (χ3v) is 5.22. The zero-order chi connectivity index (χ0) is 21.0. The van der Waals surface area contributed by atoms with Crippen molar-refractivity contribution >= 4 is 29.4 Å². The summed E-state index contributed by atoms with van der Waals surface area (Å²) in [6.45, 7) is 8.36. The van der Waals surface area contributed by atoms with Gasteiger partial charge in [-0.2, -0.15) is 0 Å². The molecule has 1 aliphatic heterocycles. The second kappa shape index (κ2) is 8.57. The Balaban J connectivity index is 0.00000117. The lowest BCUT2D eigenvalue weighted by Crippen LogP contribution is -2.42. The maximum Gasteiger partial charge on any atom is 0.319 e. The second-order valence-electron chi connectivity index (χ2n) is 6.91. The van der Waals surface area contributed by atoms with Gasteiger partial charge in [0.05, 0.1) is 5.54 Å². The predicted octanol–water partition coefficient (Wildman–Crippen LogP) is 4.35. The Morgan fingerprint density at radius 2 is 1.93 bits per heavy atom. The zero-order valence-corrected chi connectivity index (χ0v) is 17.3. The molecule has 29 heavy (non-hydrogen) atoms. The van der Waals surface area contributed by atoms with E-state index in [1.165, 1.54) is 0 Å². The van der Waals surface area contributed by atoms with Crippen LogP contribution in [0.1, 0.15) is 30.5 Å². The molecule has 1 aliphatic carbocycles. The summed E-state index contributed by atoms with van der Waals surface area (Å²) in [6, 6.07) is 12.6. The number of carbonyl (C=O) groups excluding carboxylic acids is 2. The van der Waals surface area contributed by atoms with Crippen LogP contribution in [0, 0.1) is 0 Å². The van der Waals surface area contributed by atoms with Gasteiger partial charge in [0.15, 0.2) is 0 Å². The van der Waals surface area contributed by atoms with Crippen molar-refractivity contribution in [2.75, 3.05) is 5.32 Å². The average Bonchev–Trinajstić information content (AvgIpc) is 3.19. The highest BCUT2D eigenvalue weighted by molar-refractivity contribution is 6.30. The number of fused-ring (bicyclic) bond motifs is 1.